The molecule has 1 unspecified atom stereocenters. The van der Waals surface area contributed by atoms with Crippen molar-refractivity contribution < 1.29 is 27.4 Å². The third-order valence-corrected chi connectivity index (χ3v) is 4.90. The van der Waals surface area contributed by atoms with Gasteiger partial charge in [0.25, 0.3) is 0 Å². The SMILES string of the molecule is COc1cccc(C(CO)NS(=O)(=O)c2cccc(OC)c2F)c1. The van der Waals surface area contributed by atoms with Crippen LogP contribution in [0.2, 0.25) is 0 Å². The Labute approximate surface area is 139 Å². The van der Waals surface area contributed by atoms with E-state index in [9.17, 15) is 17.9 Å². The van der Waals surface area contributed by atoms with E-state index in [0.717, 1.165) is 6.07 Å². The van der Waals surface area contributed by atoms with Crippen molar-refractivity contribution in [1.29, 1.82) is 0 Å². The van der Waals surface area contributed by atoms with Gasteiger partial charge in [-0.3, -0.25) is 0 Å². The Morgan fingerprint density at radius 2 is 1.88 bits per heavy atom. The molecule has 0 bridgehead atoms. The highest BCUT2D eigenvalue weighted by Crippen LogP contribution is 2.26. The van der Waals surface area contributed by atoms with Crippen molar-refractivity contribution in [2.75, 3.05) is 20.8 Å². The van der Waals surface area contributed by atoms with E-state index in [1.807, 2.05) is 0 Å². The van der Waals surface area contributed by atoms with Crippen LogP contribution in [0, 0.1) is 5.82 Å². The molecule has 8 heteroatoms. The fraction of sp³-hybridized carbons (Fsp3) is 0.250. The number of hydrogen-bond donors (Lipinski definition) is 2. The monoisotopic (exact) mass is 355 g/mol. The molecule has 0 saturated heterocycles. The van der Waals surface area contributed by atoms with Crippen LogP contribution in [0.15, 0.2) is 47.4 Å². The molecular weight excluding hydrogens is 337 g/mol. The summed E-state index contributed by atoms with van der Waals surface area (Å²) >= 11 is 0. The highest BCUT2D eigenvalue weighted by molar-refractivity contribution is 7.89. The largest absolute Gasteiger partial charge is 0.497 e. The van der Waals surface area contributed by atoms with Gasteiger partial charge in [0.05, 0.1) is 26.9 Å². The lowest BCUT2D eigenvalue weighted by Gasteiger charge is -2.18. The van der Waals surface area contributed by atoms with Crippen LogP contribution in [0.3, 0.4) is 0 Å². The Bertz CT molecular complexity index is 810. The number of aliphatic hydroxyl groups is 1. The van der Waals surface area contributed by atoms with Crippen molar-refractivity contribution >= 4 is 10.0 Å². The number of hydrogen-bond acceptors (Lipinski definition) is 5. The maximum Gasteiger partial charge on any atom is 0.244 e. The van der Waals surface area contributed by atoms with Crippen molar-refractivity contribution in [1.82, 2.24) is 4.72 Å². The van der Waals surface area contributed by atoms with Crippen LogP contribution in [0.25, 0.3) is 0 Å². The summed E-state index contributed by atoms with van der Waals surface area (Å²) in [5, 5.41) is 9.54. The van der Waals surface area contributed by atoms with Crippen LogP contribution >= 0.6 is 0 Å². The lowest BCUT2D eigenvalue weighted by atomic mass is 10.1. The van der Waals surface area contributed by atoms with Gasteiger partial charge >= 0.3 is 0 Å². The topological polar surface area (TPSA) is 84.9 Å². The maximum atomic E-state index is 14.2. The molecule has 0 saturated carbocycles. The molecule has 0 aliphatic heterocycles. The summed E-state index contributed by atoms with van der Waals surface area (Å²) in [6.07, 6.45) is 0. The molecule has 2 N–H and O–H groups in total. The quantitative estimate of drug-likeness (QED) is 0.792. The Hall–Kier alpha value is -2.16. The first-order valence-corrected chi connectivity index (χ1v) is 8.51. The first-order valence-electron chi connectivity index (χ1n) is 7.02. The van der Waals surface area contributed by atoms with E-state index in [1.54, 1.807) is 24.3 Å². The molecule has 0 aromatic heterocycles. The summed E-state index contributed by atoms with van der Waals surface area (Å²) in [6, 6.07) is 9.44. The highest BCUT2D eigenvalue weighted by Gasteiger charge is 2.25. The zero-order valence-corrected chi connectivity index (χ0v) is 14.0. The zero-order chi connectivity index (χ0) is 17.7. The molecule has 0 heterocycles. The normalized spacial score (nSPS) is 12.7. The van der Waals surface area contributed by atoms with E-state index < -0.39 is 33.4 Å². The van der Waals surface area contributed by atoms with Crippen LogP contribution in [0.1, 0.15) is 11.6 Å². The summed E-state index contributed by atoms with van der Waals surface area (Å²) in [5.74, 6) is -0.660. The highest BCUT2D eigenvalue weighted by atomic mass is 32.2. The van der Waals surface area contributed by atoms with Crippen molar-refractivity contribution in [2.45, 2.75) is 10.9 Å². The second kappa shape index (κ2) is 7.61. The first-order chi connectivity index (χ1) is 11.4. The Kier molecular flexibility index (Phi) is 5.76. The molecule has 1 atom stereocenters. The molecule has 0 aliphatic rings. The number of methoxy groups -OCH3 is 2. The Morgan fingerprint density at radius 3 is 2.50 bits per heavy atom. The summed E-state index contributed by atoms with van der Waals surface area (Å²) in [6.45, 7) is -0.502. The van der Waals surface area contributed by atoms with Gasteiger partial charge in [0, 0.05) is 0 Å². The lowest BCUT2D eigenvalue weighted by molar-refractivity contribution is 0.258. The molecule has 2 rings (SSSR count). The van der Waals surface area contributed by atoms with Gasteiger partial charge in [-0.1, -0.05) is 18.2 Å². The molecular formula is C16H18FNO5S. The van der Waals surface area contributed by atoms with E-state index in [0.29, 0.717) is 11.3 Å². The zero-order valence-electron chi connectivity index (χ0n) is 13.2. The van der Waals surface area contributed by atoms with Gasteiger partial charge in [-0.05, 0) is 29.8 Å². The van der Waals surface area contributed by atoms with Crippen molar-refractivity contribution in [3.63, 3.8) is 0 Å². The molecule has 2 aromatic rings. The van der Waals surface area contributed by atoms with Gasteiger partial charge < -0.3 is 14.6 Å². The van der Waals surface area contributed by atoms with E-state index in [1.165, 1.54) is 26.4 Å². The van der Waals surface area contributed by atoms with Crippen LogP contribution in [-0.4, -0.2) is 34.4 Å². The summed E-state index contributed by atoms with van der Waals surface area (Å²) in [4.78, 5) is -0.553. The van der Waals surface area contributed by atoms with Crippen molar-refractivity contribution in [3.8, 4) is 11.5 Å². The van der Waals surface area contributed by atoms with Crippen LogP contribution in [0.4, 0.5) is 4.39 Å². The maximum absolute atomic E-state index is 14.2. The van der Waals surface area contributed by atoms with Gasteiger partial charge in [-0.15, -0.1) is 0 Å². The molecule has 0 radical (unpaired) electrons. The third-order valence-electron chi connectivity index (χ3n) is 3.41. The number of ether oxygens (including phenoxy) is 2. The average Bonchev–Trinajstić information content (AvgIpc) is 2.59. The van der Waals surface area contributed by atoms with Gasteiger partial charge in [-0.25, -0.2) is 17.5 Å². The first kappa shape index (κ1) is 18.2. The molecule has 130 valence electrons. The van der Waals surface area contributed by atoms with Crippen LogP contribution < -0.4 is 14.2 Å². The van der Waals surface area contributed by atoms with Crippen LogP contribution in [-0.2, 0) is 10.0 Å². The molecule has 2 aromatic carbocycles. The minimum absolute atomic E-state index is 0.181. The predicted molar refractivity (Wildman–Crippen MR) is 86.1 cm³/mol. The second-order valence-corrected chi connectivity index (χ2v) is 6.59. The fourth-order valence-electron chi connectivity index (χ4n) is 2.18. The predicted octanol–water partition coefficient (Wildman–Crippen LogP) is 1.85. The molecule has 0 amide bonds. The van der Waals surface area contributed by atoms with Crippen LogP contribution in [0.5, 0.6) is 11.5 Å². The summed E-state index contributed by atoms with van der Waals surface area (Å²) < 4.78 is 51.3. The number of halogens is 1. The molecule has 0 aliphatic carbocycles. The smallest absolute Gasteiger partial charge is 0.244 e. The lowest BCUT2D eigenvalue weighted by Crippen LogP contribution is -2.31. The minimum Gasteiger partial charge on any atom is -0.497 e. The summed E-state index contributed by atoms with van der Waals surface area (Å²) in [7, 11) is -1.49. The third kappa shape index (κ3) is 3.84. The van der Waals surface area contributed by atoms with Crippen molar-refractivity contribution in [3.05, 3.63) is 53.8 Å². The number of rotatable bonds is 7. The molecule has 0 fully saturated rings. The number of nitrogens with one attached hydrogen (secondary N) is 1. The summed E-state index contributed by atoms with van der Waals surface area (Å²) in [5.41, 5.74) is 0.490. The van der Waals surface area contributed by atoms with E-state index in [2.05, 4.69) is 4.72 Å². The second-order valence-electron chi connectivity index (χ2n) is 4.91. The number of sulfonamides is 1. The van der Waals surface area contributed by atoms with Gasteiger partial charge in [0.1, 0.15) is 10.6 Å². The Balaban J connectivity index is 2.36. The fourth-order valence-corrected chi connectivity index (χ4v) is 3.48. The van der Waals surface area contributed by atoms with Crippen molar-refractivity contribution in [2.24, 2.45) is 0 Å². The standard InChI is InChI=1S/C16H18FNO5S/c1-22-12-6-3-5-11(9-12)13(10-19)18-24(20,21)15-8-4-7-14(23-2)16(15)17/h3-9,13,18-19H,10H2,1-2H3. The molecule has 6 nitrogen and oxygen atoms in total. The molecule has 0 spiro atoms. The number of aliphatic hydroxyl groups excluding tert-OH is 1. The van der Waals surface area contributed by atoms with E-state index in [4.69, 9.17) is 9.47 Å². The van der Waals surface area contributed by atoms with E-state index >= 15 is 0 Å². The number of benzene rings is 2. The van der Waals surface area contributed by atoms with Gasteiger partial charge in [0.15, 0.2) is 11.6 Å². The van der Waals surface area contributed by atoms with Gasteiger partial charge in [-0.2, -0.15) is 0 Å². The van der Waals surface area contributed by atoms with Gasteiger partial charge in [0.2, 0.25) is 10.0 Å². The Morgan fingerprint density at radius 1 is 1.17 bits per heavy atom. The minimum atomic E-state index is -4.21. The molecule has 24 heavy (non-hydrogen) atoms. The van der Waals surface area contributed by atoms with E-state index in [-0.39, 0.29) is 5.75 Å². The average molecular weight is 355 g/mol.